The molecule has 0 spiro atoms. The van der Waals surface area contributed by atoms with E-state index in [9.17, 15) is 4.79 Å². The number of carbonyl (C=O) groups excluding carboxylic acids is 1. The molecule has 18 heavy (non-hydrogen) atoms. The lowest BCUT2D eigenvalue weighted by Gasteiger charge is -2.03. The minimum atomic E-state index is 0.0146. The number of rotatable bonds is 9. The summed E-state index contributed by atoms with van der Waals surface area (Å²) >= 11 is 0. The average molecular weight is 249 g/mol. The van der Waals surface area contributed by atoms with Crippen molar-refractivity contribution in [3.63, 3.8) is 0 Å². The second-order valence-electron chi connectivity index (χ2n) is 4.74. The number of amides is 1. The number of carbonyl (C=O) groups is 1. The van der Waals surface area contributed by atoms with Crippen molar-refractivity contribution in [3.05, 3.63) is 36.5 Å². The molecule has 0 aliphatic heterocycles. The average Bonchev–Trinajstić information content (AvgIpc) is 2.34. The first kappa shape index (κ1) is 16.7. The maximum absolute atomic E-state index is 11.3. The highest BCUT2D eigenvalue weighted by Crippen LogP contribution is 1.97. The molecule has 0 fully saturated rings. The van der Waals surface area contributed by atoms with Crippen LogP contribution in [0.4, 0.5) is 0 Å². The van der Waals surface area contributed by atoms with Crippen molar-refractivity contribution in [2.45, 2.75) is 46.5 Å². The highest BCUT2D eigenvalue weighted by atomic mass is 16.1. The first-order valence-corrected chi connectivity index (χ1v) is 6.87. The van der Waals surface area contributed by atoms with Crippen LogP contribution in [0.2, 0.25) is 0 Å². The third-order valence-electron chi connectivity index (χ3n) is 2.36. The molecular weight excluding hydrogens is 222 g/mol. The lowest BCUT2D eigenvalue weighted by Crippen LogP contribution is -2.25. The topological polar surface area (TPSA) is 29.1 Å². The summed E-state index contributed by atoms with van der Waals surface area (Å²) in [6.45, 7) is 6.96. The third kappa shape index (κ3) is 12.8. The fourth-order valence-corrected chi connectivity index (χ4v) is 1.34. The Labute approximate surface area is 112 Å². The Morgan fingerprint density at radius 3 is 2.11 bits per heavy atom. The van der Waals surface area contributed by atoms with Crippen LogP contribution in [0.3, 0.4) is 0 Å². The van der Waals surface area contributed by atoms with Crippen LogP contribution >= 0.6 is 0 Å². The van der Waals surface area contributed by atoms with Gasteiger partial charge in [0.1, 0.15) is 0 Å². The van der Waals surface area contributed by atoms with E-state index in [4.69, 9.17) is 0 Å². The van der Waals surface area contributed by atoms with Crippen LogP contribution in [0.5, 0.6) is 0 Å². The van der Waals surface area contributed by atoms with Gasteiger partial charge in [-0.1, -0.05) is 44.2 Å². The summed E-state index contributed by atoms with van der Waals surface area (Å²) in [6, 6.07) is 0. The minimum absolute atomic E-state index is 0.0146. The van der Waals surface area contributed by atoms with E-state index in [0.717, 1.165) is 32.2 Å². The quantitative estimate of drug-likeness (QED) is 0.373. The van der Waals surface area contributed by atoms with Gasteiger partial charge in [-0.25, -0.2) is 0 Å². The van der Waals surface area contributed by atoms with Crippen LogP contribution < -0.4 is 5.32 Å². The number of unbranched alkanes of at least 4 members (excludes halogenated alkanes) is 2. The molecule has 2 nitrogen and oxygen atoms in total. The fourth-order valence-electron chi connectivity index (χ4n) is 1.34. The zero-order valence-corrected chi connectivity index (χ0v) is 12.0. The van der Waals surface area contributed by atoms with Crippen molar-refractivity contribution < 1.29 is 4.79 Å². The monoisotopic (exact) mass is 249 g/mol. The number of hydrogen-bond donors (Lipinski definition) is 1. The van der Waals surface area contributed by atoms with Gasteiger partial charge in [0.05, 0.1) is 0 Å². The van der Waals surface area contributed by atoms with Gasteiger partial charge >= 0.3 is 0 Å². The molecule has 102 valence electrons. The molecule has 0 aromatic carbocycles. The van der Waals surface area contributed by atoms with Crippen molar-refractivity contribution in [2.75, 3.05) is 6.54 Å². The van der Waals surface area contributed by atoms with Gasteiger partial charge in [-0.3, -0.25) is 4.79 Å². The molecule has 0 rings (SSSR count). The Morgan fingerprint density at radius 2 is 1.56 bits per heavy atom. The minimum Gasteiger partial charge on any atom is -0.352 e. The molecule has 0 saturated carbocycles. The summed E-state index contributed by atoms with van der Waals surface area (Å²) in [5.41, 5.74) is 0. The second kappa shape index (κ2) is 12.2. The molecule has 2 heteroatoms. The smallest absolute Gasteiger partial charge is 0.243 e. The summed E-state index contributed by atoms with van der Waals surface area (Å²) in [4.78, 5) is 11.3. The normalized spacial score (nSPS) is 12.2. The highest BCUT2D eigenvalue weighted by Gasteiger charge is 1.96. The molecular formula is C16H27NO. The summed E-state index contributed by atoms with van der Waals surface area (Å²) in [5.74, 6) is 0.517. The molecule has 1 N–H and O–H groups in total. The van der Waals surface area contributed by atoms with E-state index in [0.29, 0.717) is 5.92 Å². The molecule has 0 heterocycles. The summed E-state index contributed by atoms with van der Waals surface area (Å²) in [6.07, 6.45) is 16.3. The van der Waals surface area contributed by atoms with Crippen LogP contribution in [0.25, 0.3) is 0 Å². The van der Waals surface area contributed by atoms with E-state index < -0.39 is 0 Å². The van der Waals surface area contributed by atoms with Gasteiger partial charge in [-0.2, -0.15) is 0 Å². The SMILES string of the molecule is C/C=C/CC/C=C\CC/C=C/C(=O)NCC(C)C. The van der Waals surface area contributed by atoms with Gasteiger partial charge in [0.15, 0.2) is 0 Å². The standard InChI is InChI=1S/C16H27NO/c1-4-5-6-7-8-9-10-11-12-13-16(18)17-14-15(2)3/h4-5,8-9,12-13,15H,6-7,10-11,14H2,1-3H3,(H,17,18)/b5-4+,9-8-,13-12+. The van der Waals surface area contributed by atoms with Gasteiger partial charge in [0, 0.05) is 6.54 Å². The van der Waals surface area contributed by atoms with Crippen LogP contribution in [0.15, 0.2) is 36.5 Å². The lowest BCUT2D eigenvalue weighted by atomic mass is 10.2. The summed E-state index contributed by atoms with van der Waals surface area (Å²) < 4.78 is 0. The summed E-state index contributed by atoms with van der Waals surface area (Å²) in [5, 5.41) is 2.86. The van der Waals surface area contributed by atoms with E-state index in [1.165, 1.54) is 0 Å². The highest BCUT2D eigenvalue weighted by molar-refractivity contribution is 5.87. The van der Waals surface area contributed by atoms with Crippen LogP contribution in [-0.2, 0) is 4.79 Å². The largest absolute Gasteiger partial charge is 0.352 e. The lowest BCUT2D eigenvalue weighted by molar-refractivity contribution is -0.116. The molecule has 1 amide bonds. The first-order chi connectivity index (χ1) is 8.66. The molecule has 0 aliphatic rings. The van der Waals surface area contributed by atoms with E-state index in [1.54, 1.807) is 6.08 Å². The van der Waals surface area contributed by atoms with Crippen molar-refractivity contribution in [1.29, 1.82) is 0 Å². The van der Waals surface area contributed by atoms with Crippen LogP contribution in [-0.4, -0.2) is 12.5 Å². The molecule has 0 unspecified atom stereocenters. The maximum Gasteiger partial charge on any atom is 0.243 e. The molecule has 0 atom stereocenters. The molecule has 0 radical (unpaired) electrons. The van der Waals surface area contributed by atoms with Crippen molar-refractivity contribution in [1.82, 2.24) is 5.32 Å². The van der Waals surface area contributed by atoms with Crippen LogP contribution in [0.1, 0.15) is 46.5 Å². The van der Waals surface area contributed by atoms with Crippen molar-refractivity contribution in [3.8, 4) is 0 Å². The fraction of sp³-hybridized carbons (Fsp3) is 0.562. The van der Waals surface area contributed by atoms with Gasteiger partial charge in [0.2, 0.25) is 5.91 Å². The Balaban J connectivity index is 3.49. The number of allylic oxidation sites excluding steroid dienone is 5. The van der Waals surface area contributed by atoms with Gasteiger partial charge in [-0.05, 0) is 44.6 Å². The van der Waals surface area contributed by atoms with Gasteiger partial charge in [-0.15, -0.1) is 0 Å². The van der Waals surface area contributed by atoms with E-state index in [1.807, 2.05) is 13.0 Å². The zero-order valence-electron chi connectivity index (χ0n) is 12.0. The number of hydrogen-bond acceptors (Lipinski definition) is 1. The van der Waals surface area contributed by atoms with E-state index in [2.05, 4.69) is 43.5 Å². The van der Waals surface area contributed by atoms with Crippen molar-refractivity contribution in [2.24, 2.45) is 5.92 Å². The number of nitrogens with one attached hydrogen (secondary N) is 1. The van der Waals surface area contributed by atoms with Crippen molar-refractivity contribution >= 4 is 5.91 Å². The molecule has 0 saturated heterocycles. The van der Waals surface area contributed by atoms with Gasteiger partial charge < -0.3 is 5.32 Å². The Hall–Kier alpha value is -1.31. The first-order valence-electron chi connectivity index (χ1n) is 6.87. The van der Waals surface area contributed by atoms with E-state index >= 15 is 0 Å². The predicted molar refractivity (Wildman–Crippen MR) is 79.4 cm³/mol. The zero-order chi connectivity index (χ0) is 13.6. The molecule has 0 aromatic heterocycles. The van der Waals surface area contributed by atoms with E-state index in [-0.39, 0.29) is 5.91 Å². The third-order valence-corrected chi connectivity index (χ3v) is 2.36. The predicted octanol–water partition coefficient (Wildman–Crippen LogP) is 4.01. The van der Waals surface area contributed by atoms with Gasteiger partial charge in [0.25, 0.3) is 0 Å². The maximum atomic E-state index is 11.3. The molecule has 0 bridgehead atoms. The Morgan fingerprint density at radius 1 is 1.00 bits per heavy atom. The Bertz CT molecular complexity index is 287. The summed E-state index contributed by atoms with van der Waals surface area (Å²) in [7, 11) is 0. The Kier molecular flexibility index (Phi) is 11.3. The molecule has 0 aromatic rings. The van der Waals surface area contributed by atoms with Crippen LogP contribution in [0, 0.1) is 5.92 Å². The molecule has 0 aliphatic carbocycles. The second-order valence-corrected chi connectivity index (χ2v) is 4.74.